The van der Waals surface area contributed by atoms with Gasteiger partial charge in [-0.25, -0.2) is 5.01 Å². The molecule has 3 heteroatoms. The molecule has 0 aromatic carbocycles. The van der Waals surface area contributed by atoms with E-state index in [1.165, 1.54) is 0 Å². The van der Waals surface area contributed by atoms with Crippen LogP contribution in [0.5, 0.6) is 0 Å². The fraction of sp³-hybridized carbons (Fsp3) is 1.00. The number of hydrogen-bond acceptors (Lipinski definition) is 3. The zero-order valence-corrected chi connectivity index (χ0v) is 5.67. The molecule has 1 unspecified atom stereocenters. The Bertz CT molecular complexity index is 113. The molecule has 9 heavy (non-hydrogen) atoms. The van der Waals surface area contributed by atoms with Crippen molar-refractivity contribution in [2.24, 2.45) is 17.7 Å². The number of nitrogens with one attached hydrogen (secondary N) is 1. The molecular formula is C6H13N3. The van der Waals surface area contributed by atoms with Gasteiger partial charge in [-0.15, -0.1) is 0 Å². The van der Waals surface area contributed by atoms with Gasteiger partial charge in [0, 0.05) is 19.1 Å². The van der Waals surface area contributed by atoms with Crippen molar-refractivity contribution in [1.29, 1.82) is 0 Å². The third-order valence-corrected chi connectivity index (χ3v) is 2.56. The van der Waals surface area contributed by atoms with Gasteiger partial charge in [-0.05, 0) is 18.9 Å². The molecule has 0 spiro atoms. The number of fused-ring (bicyclic) bond motifs is 1. The van der Waals surface area contributed by atoms with E-state index in [1.54, 1.807) is 0 Å². The summed E-state index contributed by atoms with van der Waals surface area (Å²) in [6.45, 7) is 2.19. The molecule has 2 fully saturated rings. The average Bonchev–Trinajstić information content (AvgIpc) is 2.30. The largest absolute Gasteiger partial charge is 0.316 e. The van der Waals surface area contributed by atoms with Crippen LogP contribution in [0.2, 0.25) is 0 Å². The zero-order chi connectivity index (χ0) is 6.43. The molecule has 3 N–H and O–H groups in total. The number of nitrogens with zero attached hydrogens (tertiary/aromatic N) is 1. The van der Waals surface area contributed by atoms with Crippen LogP contribution in [0.4, 0.5) is 0 Å². The Labute approximate surface area is 55.2 Å². The lowest BCUT2D eigenvalue weighted by Crippen LogP contribution is -2.34. The molecule has 1 heterocycles. The van der Waals surface area contributed by atoms with E-state index in [0.717, 1.165) is 31.0 Å². The maximum absolute atomic E-state index is 5.58. The van der Waals surface area contributed by atoms with E-state index >= 15 is 0 Å². The van der Waals surface area contributed by atoms with Crippen LogP contribution < -0.4 is 11.2 Å². The molecule has 0 aromatic heterocycles. The highest BCUT2D eigenvalue weighted by Gasteiger charge is 2.54. The molecule has 1 saturated heterocycles. The fourth-order valence-electron chi connectivity index (χ4n) is 1.99. The van der Waals surface area contributed by atoms with E-state index in [0.29, 0.717) is 0 Å². The van der Waals surface area contributed by atoms with Gasteiger partial charge in [0.15, 0.2) is 0 Å². The van der Waals surface area contributed by atoms with E-state index in [1.807, 2.05) is 12.1 Å². The van der Waals surface area contributed by atoms with Crippen molar-refractivity contribution in [2.45, 2.75) is 6.04 Å². The van der Waals surface area contributed by atoms with Crippen LogP contribution in [0.15, 0.2) is 0 Å². The standard InChI is InChI=1S/C6H13N3/c1-8-6-4-2-9(7)3-5(4)6/h4-6,8H,2-3,7H2,1H3/t4-,5+,6?. The Balaban J connectivity index is 1.91. The van der Waals surface area contributed by atoms with Gasteiger partial charge in [-0.1, -0.05) is 0 Å². The lowest BCUT2D eigenvalue weighted by Gasteiger charge is -2.11. The van der Waals surface area contributed by atoms with Gasteiger partial charge in [0.1, 0.15) is 0 Å². The van der Waals surface area contributed by atoms with Gasteiger partial charge in [0.25, 0.3) is 0 Å². The molecule has 3 nitrogen and oxygen atoms in total. The van der Waals surface area contributed by atoms with Gasteiger partial charge in [-0.3, -0.25) is 5.84 Å². The van der Waals surface area contributed by atoms with Crippen molar-refractivity contribution in [1.82, 2.24) is 10.3 Å². The molecule has 3 atom stereocenters. The van der Waals surface area contributed by atoms with E-state index in [4.69, 9.17) is 5.84 Å². The summed E-state index contributed by atoms with van der Waals surface area (Å²) in [6, 6.07) is 0.782. The van der Waals surface area contributed by atoms with Gasteiger partial charge < -0.3 is 5.32 Å². The normalized spacial score (nSPS) is 49.3. The third-order valence-electron chi connectivity index (χ3n) is 2.56. The number of hydrogen-bond donors (Lipinski definition) is 2. The quantitative estimate of drug-likeness (QED) is 0.444. The van der Waals surface area contributed by atoms with Crippen LogP contribution in [0.1, 0.15) is 0 Å². The van der Waals surface area contributed by atoms with Crippen molar-refractivity contribution in [3.05, 3.63) is 0 Å². The zero-order valence-electron chi connectivity index (χ0n) is 5.67. The first-order valence-corrected chi connectivity index (χ1v) is 3.50. The fourth-order valence-corrected chi connectivity index (χ4v) is 1.99. The molecule has 2 aliphatic rings. The molecule has 1 saturated carbocycles. The van der Waals surface area contributed by atoms with Gasteiger partial charge in [0.05, 0.1) is 0 Å². The predicted octanol–water partition coefficient (Wildman–Crippen LogP) is -0.990. The summed E-state index contributed by atoms with van der Waals surface area (Å²) in [6.07, 6.45) is 0. The van der Waals surface area contributed by atoms with Gasteiger partial charge in [0.2, 0.25) is 0 Å². The van der Waals surface area contributed by atoms with Crippen LogP contribution in [0, 0.1) is 11.8 Å². The Morgan fingerprint density at radius 3 is 2.44 bits per heavy atom. The molecule has 0 radical (unpaired) electrons. The van der Waals surface area contributed by atoms with Crippen molar-refractivity contribution in [3.63, 3.8) is 0 Å². The number of piperidine rings is 1. The van der Waals surface area contributed by atoms with Crippen molar-refractivity contribution < 1.29 is 0 Å². The third kappa shape index (κ3) is 0.689. The van der Waals surface area contributed by atoms with E-state index in [-0.39, 0.29) is 0 Å². The average molecular weight is 127 g/mol. The summed E-state index contributed by atoms with van der Waals surface area (Å²) >= 11 is 0. The Morgan fingerprint density at radius 1 is 1.44 bits per heavy atom. The van der Waals surface area contributed by atoms with Gasteiger partial charge >= 0.3 is 0 Å². The van der Waals surface area contributed by atoms with Crippen LogP contribution in [0.3, 0.4) is 0 Å². The molecule has 0 amide bonds. The monoisotopic (exact) mass is 127 g/mol. The van der Waals surface area contributed by atoms with Crippen LogP contribution in [0.25, 0.3) is 0 Å². The summed E-state index contributed by atoms with van der Waals surface area (Å²) in [5.41, 5.74) is 0. The SMILES string of the molecule is CNC1[C@H]2CN(N)C[C@@H]12. The molecule has 0 aromatic rings. The molecule has 2 rings (SSSR count). The summed E-state index contributed by atoms with van der Waals surface area (Å²) in [4.78, 5) is 0. The summed E-state index contributed by atoms with van der Waals surface area (Å²) in [5.74, 6) is 7.30. The maximum Gasteiger partial charge on any atom is 0.0175 e. The molecule has 52 valence electrons. The first kappa shape index (κ1) is 5.65. The van der Waals surface area contributed by atoms with Gasteiger partial charge in [-0.2, -0.15) is 0 Å². The van der Waals surface area contributed by atoms with Crippen molar-refractivity contribution in [3.8, 4) is 0 Å². The smallest absolute Gasteiger partial charge is 0.0175 e. The van der Waals surface area contributed by atoms with E-state index in [9.17, 15) is 0 Å². The molecule has 1 aliphatic carbocycles. The molecule has 0 bridgehead atoms. The topological polar surface area (TPSA) is 41.3 Å². The molecule has 1 aliphatic heterocycles. The molecular weight excluding hydrogens is 114 g/mol. The predicted molar refractivity (Wildman–Crippen MR) is 35.6 cm³/mol. The Kier molecular flexibility index (Phi) is 1.06. The summed E-state index contributed by atoms with van der Waals surface area (Å²) in [7, 11) is 2.03. The summed E-state index contributed by atoms with van der Waals surface area (Å²) < 4.78 is 0. The highest BCUT2D eigenvalue weighted by atomic mass is 15.4. The lowest BCUT2D eigenvalue weighted by atomic mass is 10.4. The van der Waals surface area contributed by atoms with Crippen molar-refractivity contribution >= 4 is 0 Å². The number of nitrogens with two attached hydrogens (primary N) is 1. The van der Waals surface area contributed by atoms with E-state index in [2.05, 4.69) is 5.32 Å². The second-order valence-electron chi connectivity index (χ2n) is 3.10. The van der Waals surface area contributed by atoms with Crippen LogP contribution >= 0.6 is 0 Å². The number of rotatable bonds is 1. The number of hydrazine groups is 1. The minimum atomic E-state index is 0.782. The summed E-state index contributed by atoms with van der Waals surface area (Å²) in [5, 5.41) is 5.20. The highest BCUT2D eigenvalue weighted by molar-refractivity contribution is 5.08. The maximum atomic E-state index is 5.58. The lowest BCUT2D eigenvalue weighted by molar-refractivity contribution is 0.303. The van der Waals surface area contributed by atoms with Crippen LogP contribution in [-0.4, -0.2) is 31.2 Å². The Morgan fingerprint density at radius 2 is 2.00 bits per heavy atom. The van der Waals surface area contributed by atoms with Crippen molar-refractivity contribution in [2.75, 3.05) is 20.1 Å². The first-order chi connectivity index (χ1) is 4.33. The van der Waals surface area contributed by atoms with Crippen LogP contribution in [-0.2, 0) is 0 Å². The minimum Gasteiger partial charge on any atom is -0.316 e. The van der Waals surface area contributed by atoms with E-state index < -0.39 is 0 Å². The first-order valence-electron chi connectivity index (χ1n) is 3.50. The second-order valence-corrected chi connectivity index (χ2v) is 3.10. The second kappa shape index (κ2) is 1.68. The Hall–Kier alpha value is -0.120. The highest BCUT2D eigenvalue weighted by Crippen LogP contribution is 2.43. The minimum absolute atomic E-state index is 0.782.